The Bertz CT molecular complexity index is 577. The topological polar surface area (TPSA) is 42.2 Å². The maximum absolute atomic E-state index is 13.2. The van der Waals surface area contributed by atoms with E-state index in [0.717, 1.165) is 6.07 Å². The summed E-state index contributed by atoms with van der Waals surface area (Å²) in [5.74, 6) is -1.62. The maximum atomic E-state index is 13.2. The van der Waals surface area contributed by atoms with Crippen molar-refractivity contribution in [3.63, 3.8) is 0 Å². The van der Waals surface area contributed by atoms with Crippen molar-refractivity contribution >= 4 is 33.5 Å². The number of carbonyl (C=O) groups is 1. The molecule has 6 heteroatoms. The van der Waals surface area contributed by atoms with Gasteiger partial charge < -0.3 is 9.67 Å². The molecule has 0 saturated heterocycles. The van der Waals surface area contributed by atoms with E-state index in [1.807, 2.05) is 0 Å². The van der Waals surface area contributed by atoms with Crippen molar-refractivity contribution in [2.45, 2.75) is 0 Å². The predicted molar refractivity (Wildman–Crippen MR) is 65.4 cm³/mol. The highest BCUT2D eigenvalue weighted by Gasteiger charge is 2.13. The molecule has 0 fully saturated rings. The summed E-state index contributed by atoms with van der Waals surface area (Å²) < 4.78 is 15.1. The van der Waals surface area contributed by atoms with Gasteiger partial charge in [-0.05, 0) is 40.2 Å². The molecule has 0 spiro atoms. The van der Waals surface area contributed by atoms with Crippen molar-refractivity contribution in [3.05, 3.63) is 51.5 Å². The molecule has 0 aliphatic heterocycles. The Morgan fingerprint density at radius 3 is 2.65 bits per heavy atom. The van der Waals surface area contributed by atoms with Crippen LogP contribution in [0.1, 0.15) is 10.5 Å². The summed E-state index contributed by atoms with van der Waals surface area (Å²) in [7, 11) is 0. The molecule has 2 aromatic rings. The number of rotatable bonds is 2. The Labute approximate surface area is 110 Å². The van der Waals surface area contributed by atoms with Crippen molar-refractivity contribution in [1.29, 1.82) is 0 Å². The van der Waals surface area contributed by atoms with Gasteiger partial charge >= 0.3 is 5.97 Å². The standard InChI is InChI=1S/C11H6BrClFNO2/c12-6-1-10(11(16)17)15(5-6)9-3-7(13)2-8(14)4-9/h1-5H,(H,16,17). The molecule has 0 amide bonds. The molecule has 0 saturated carbocycles. The van der Waals surface area contributed by atoms with E-state index in [4.69, 9.17) is 16.7 Å². The van der Waals surface area contributed by atoms with Gasteiger partial charge in [-0.1, -0.05) is 11.6 Å². The molecule has 0 aliphatic rings. The fraction of sp³-hybridized carbons (Fsp3) is 0. The number of aromatic nitrogens is 1. The summed E-state index contributed by atoms with van der Waals surface area (Å²) in [5.41, 5.74) is 0.386. The summed E-state index contributed by atoms with van der Waals surface area (Å²) in [6.07, 6.45) is 1.54. The second kappa shape index (κ2) is 4.50. The van der Waals surface area contributed by atoms with Gasteiger partial charge in [-0.25, -0.2) is 9.18 Å². The number of aromatic carboxylic acids is 1. The normalized spacial score (nSPS) is 10.5. The highest BCUT2D eigenvalue weighted by atomic mass is 79.9. The van der Waals surface area contributed by atoms with E-state index in [-0.39, 0.29) is 10.7 Å². The van der Waals surface area contributed by atoms with Gasteiger partial charge in [-0.15, -0.1) is 0 Å². The van der Waals surface area contributed by atoms with Gasteiger partial charge in [0, 0.05) is 15.7 Å². The fourth-order valence-corrected chi connectivity index (χ4v) is 2.12. The largest absolute Gasteiger partial charge is 0.477 e. The smallest absolute Gasteiger partial charge is 0.352 e. The monoisotopic (exact) mass is 317 g/mol. The van der Waals surface area contributed by atoms with Gasteiger partial charge in [0.1, 0.15) is 11.5 Å². The molecular formula is C11H6BrClFNO2. The van der Waals surface area contributed by atoms with E-state index >= 15 is 0 Å². The molecule has 1 aromatic heterocycles. The van der Waals surface area contributed by atoms with Crippen LogP contribution in [-0.4, -0.2) is 15.6 Å². The highest BCUT2D eigenvalue weighted by Crippen LogP contribution is 2.23. The first-order chi connectivity index (χ1) is 7.97. The van der Waals surface area contributed by atoms with Gasteiger partial charge in [0.15, 0.2) is 0 Å². The second-order valence-electron chi connectivity index (χ2n) is 3.35. The van der Waals surface area contributed by atoms with Crippen molar-refractivity contribution in [3.8, 4) is 5.69 Å². The minimum atomic E-state index is -1.10. The van der Waals surface area contributed by atoms with Crippen LogP contribution >= 0.6 is 27.5 Å². The van der Waals surface area contributed by atoms with Crippen LogP contribution in [0.2, 0.25) is 5.02 Å². The minimum Gasteiger partial charge on any atom is -0.477 e. The minimum absolute atomic E-state index is 0.0264. The fourth-order valence-electron chi connectivity index (χ4n) is 1.49. The van der Waals surface area contributed by atoms with Gasteiger partial charge in [-0.3, -0.25) is 0 Å². The number of halogens is 3. The highest BCUT2D eigenvalue weighted by molar-refractivity contribution is 9.10. The predicted octanol–water partition coefficient (Wildman–Crippen LogP) is 3.73. The van der Waals surface area contributed by atoms with Crippen LogP contribution in [0.25, 0.3) is 5.69 Å². The van der Waals surface area contributed by atoms with Crippen molar-refractivity contribution in [1.82, 2.24) is 4.57 Å². The van der Waals surface area contributed by atoms with E-state index in [0.29, 0.717) is 10.2 Å². The summed E-state index contributed by atoms with van der Waals surface area (Å²) in [6, 6.07) is 5.29. The quantitative estimate of drug-likeness (QED) is 0.916. The van der Waals surface area contributed by atoms with Crippen LogP contribution in [0.3, 0.4) is 0 Å². The zero-order valence-electron chi connectivity index (χ0n) is 8.32. The third-order valence-corrected chi connectivity index (χ3v) is 2.78. The van der Waals surface area contributed by atoms with Gasteiger partial charge in [0.05, 0.1) is 5.69 Å². The van der Waals surface area contributed by atoms with Crippen LogP contribution in [0, 0.1) is 5.82 Å². The average Bonchev–Trinajstić information content (AvgIpc) is 2.59. The van der Waals surface area contributed by atoms with E-state index in [1.54, 1.807) is 0 Å². The first-order valence-electron chi connectivity index (χ1n) is 4.55. The van der Waals surface area contributed by atoms with Crippen LogP contribution in [0.15, 0.2) is 34.9 Å². The molecule has 17 heavy (non-hydrogen) atoms. The lowest BCUT2D eigenvalue weighted by Gasteiger charge is -2.06. The molecule has 0 atom stereocenters. The Balaban J connectivity index is 2.63. The van der Waals surface area contributed by atoms with Crippen LogP contribution < -0.4 is 0 Å². The number of benzene rings is 1. The third-order valence-electron chi connectivity index (χ3n) is 2.13. The SMILES string of the molecule is O=C(O)c1cc(Br)cn1-c1cc(F)cc(Cl)c1. The molecule has 0 radical (unpaired) electrons. The number of nitrogens with zero attached hydrogens (tertiary/aromatic N) is 1. The molecule has 2 rings (SSSR count). The Morgan fingerprint density at radius 2 is 2.06 bits per heavy atom. The molecule has 1 aromatic carbocycles. The number of hydrogen-bond donors (Lipinski definition) is 1. The summed E-state index contributed by atoms with van der Waals surface area (Å²) >= 11 is 8.90. The Morgan fingerprint density at radius 1 is 1.35 bits per heavy atom. The Hall–Kier alpha value is -1.33. The molecular weight excluding hydrogens is 312 g/mol. The Kier molecular flexibility index (Phi) is 3.22. The number of carboxylic acids is 1. The molecule has 0 aliphatic carbocycles. The van der Waals surface area contributed by atoms with E-state index < -0.39 is 11.8 Å². The summed E-state index contributed by atoms with van der Waals surface area (Å²) in [4.78, 5) is 11.0. The number of carboxylic acid groups (broad SMARTS) is 1. The molecule has 1 heterocycles. The summed E-state index contributed by atoms with van der Waals surface area (Å²) in [5, 5.41) is 9.22. The zero-order chi connectivity index (χ0) is 12.6. The van der Waals surface area contributed by atoms with Crippen molar-refractivity contribution in [2.24, 2.45) is 0 Å². The lowest BCUT2D eigenvalue weighted by molar-refractivity contribution is 0.0688. The average molecular weight is 319 g/mol. The van der Waals surface area contributed by atoms with Gasteiger partial charge in [-0.2, -0.15) is 0 Å². The first kappa shape index (κ1) is 12.1. The summed E-state index contributed by atoms with van der Waals surface area (Å²) in [6.45, 7) is 0. The van der Waals surface area contributed by atoms with E-state index in [2.05, 4.69) is 15.9 Å². The lowest BCUT2D eigenvalue weighted by atomic mass is 10.3. The maximum Gasteiger partial charge on any atom is 0.352 e. The lowest BCUT2D eigenvalue weighted by Crippen LogP contribution is -2.05. The first-order valence-corrected chi connectivity index (χ1v) is 5.72. The third kappa shape index (κ3) is 2.50. The van der Waals surface area contributed by atoms with Crippen LogP contribution in [-0.2, 0) is 0 Å². The number of hydrogen-bond acceptors (Lipinski definition) is 1. The van der Waals surface area contributed by atoms with Crippen molar-refractivity contribution in [2.75, 3.05) is 0 Å². The zero-order valence-corrected chi connectivity index (χ0v) is 10.7. The van der Waals surface area contributed by atoms with Crippen molar-refractivity contribution < 1.29 is 14.3 Å². The van der Waals surface area contributed by atoms with Gasteiger partial charge in [0.2, 0.25) is 0 Å². The van der Waals surface area contributed by atoms with Crippen LogP contribution in [0.5, 0.6) is 0 Å². The van der Waals surface area contributed by atoms with E-state index in [1.165, 1.54) is 29.0 Å². The molecule has 88 valence electrons. The second-order valence-corrected chi connectivity index (χ2v) is 4.70. The molecule has 0 bridgehead atoms. The van der Waals surface area contributed by atoms with Crippen LogP contribution in [0.4, 0.5) is 4.39 Å². The molecule has 1 N–H and O–H groups in total. The molecule has 0 unspecified atom stereocenters. The van der Waals surface area contributed by atoms with Gasteiger partial charge in [0.25, 0.3) is 0 Å². The van der Waals surface area contributed by atoms with E-state index in [9.17, 15) is 9.18 Å². The molecule has 3 nitrogen and oxygen atoms in total.